The Hall–Kier alpha value is -2.55. The molecule has 1 aromatic rings. The Labute approximate surface area is 128 Å². The number of hydrogen-bond acceptors (Lipinski definition) is 5. The lowest BCUT2D eigenvalue weighted by Crippen LogP contribution is -2.48. The lowest BCUT2D eigenvalue weighted by molar-refractivity contribution is -0.125. The standard InChI is InChI=1S/C16H18N2O4/c1-10-4-3-5-12(14(10)20)15(21)22-8-13(19)18-16(2,9-17)11-6-7-11/h3-5,11,20H,6-8H2,1-2H3,(H,18,19)/t16-/m0/s1. The monoisotopic (exact) mass is 302 g/mol. The minimum Gasteiger partial charge on any atom is -0.507 e. The van der Waals surface area contributed by atoms with Crippen molar-refractivity contribution in [2.24, 2.45) is 5.92 Å². The van der Waals surface area contributed by atoms with Crippen molar-refractivity contribution in [2.75, 3.05) is 6.61 Å². The second-order valence-corrected chi connectivity index (χ2v) is 5.68. The van der Waals surface area contributed by atoms with Crippen LogP contribution < -0.4 is 5.32 Å². The Balaban J connectivity index is 1.92. The second-order valence-electron chi connectivity index (χ2n) is 5.68. The van der Waals surface area contributed by atoms with Crippen LogP contribution in [0.1, 0.15) is 35.7 Å². The Bertz CT molecular complexity index is 646. The Morgan fingerprint density at radius 2 is 2.18 bits per heavy atom. The minimum atomic E-state index is -0.922. The maximum atomic E-state index is 11.9. The van der Waals surface area contributed by atoms with Gasteiger partial charge in [0.2, 0.25) is 0 Å². The first-order chi connectivity index (χ1) is 10.4. The number of carbonyl (C=O) groups excluding carboxylic acids is 2. The molecule has 0 heterocycles. The number of amides is 1. The molecular weight excluding hydrogens is 284 g/mol. The molecule has 2 rings (SSSR count). The molecule has 0 unspecified atom stereocenters. The number of ether oxygens (including phenoxy) is 1. The molecule has 1 aliphatic carbocycles. The van der Waals surface area contributed by atoms with Gasteiger partial charge in [-0.2, -0.15) is 5.26 Å². The number of phenols is 1. The molecule has 6 nitrogen and oxygen atoms in total. The third-order valence-corrected chi connectivity index (χ3v) is 3.82. The number of carbonyl (C=O) groups is 2. The summed E-state index contributed by atoms with van der Waals surface area (Å²) in [5.41, 5.74) is -0.364. The summed E-state index contributed by atoms with van der Waals surface area (Å²) in [4.78, 5) is 23.7. The summed E-state index contributed by atoms with van der Waals surface area (Å²) in [7, 11) is 0. The van der Waals surface area contributed by atoms with Gasteiger partial charge in [-0.3, -0.25) is 4.79 Å². The van der Waals surface area contributed by atoms with Gasteiger partial charge in [0.25, 0.3) is 5.91 Å². The number of para-hydroxylation sites is 1. The first-order valence-corrected chi connectivity index (χ1v) is 7.05. The zero-order valence-electron chi connectivity index (χ0n) is 12.5. The fourth-order valence-electron chi connectivity index (χ4n) is 2.24. The van der Waals surface area contributed by atoms with Gasteiger partial charge in [-0.1, -0.05) is 12.1 Å². The molecule has 2 N–H and O–H groups in total. The normalized spacial score (nSPS) is 16.2. The molecule has 0 saturated heterocycles. The molecule has 22 heavy (non-hydrogen) atoms. The van der Waals surface area contributed by atoms with E-state index in [1.807, 2.05) is 0 Å². The second kappa shape index (κ2) is 6.06. The Morgan fingerprint density at radius 1 is 1.50 bits per heavy atom. The Kier molecular flexibility index (Phi) is 4.36. The summed E-state index contributed by atoms with van der Waals surface area (Å²) in [5.74, 6) is -1.32. The van der Waals surface area contributed by atoms with Crippen molar-refractivity contribution >= 4 is 11.9 Å². The molecule has 1 atom stereocenters. The van der Waals surface area contributed by atoms with Crippen molar-refractivity contribution < 1.29 is 19.4 Å². The summed E-state index contributed by atoms with van der Waals surface area (Å²) in [6, 6.07) is 6.79. The van der Waals surface area contributed by atoms with Gasteiger partial charge >= 0.3 is 5.97 Å². The molecule has 0 spiro atoms. The first-order valence-electron chi connectivity index (χ1n) is 7.05. The van der Waals surface area contributed by atoms with E-state index in [0.717, 1.165) is 12.8 Å². The van der Waals surface area contributed by atoms with E-state index in [1.165, 1.54) is 6.07 Å². The van der Waals surface area contributed by atoms with Crippen LogP contribution in [0.5, 0.6) is 5.75 Å². The zero-order chi connectivity index (χ0) is 16.3. The highest BCUT2D eigenvalue weighted by atomic mass is 16.5. The minimum absolute atomic E-state index is 0.0121. The van der Waals surface area contributed by atoms with Crippen LogP contribution in [-0.4, -0.2) is 29.1 Å². The van der Waals surface area contributed by atoms with Crippen molar-refractivity contribution in [3.63, 3.8) is 0 Å². The van der Waals surface area contributed by atoms with E-state index in [4.69, 9.17) is 10.00 Å². The number of aromatic hydroxyl groups is 1. The van der Waals surface area contributed by atoms with E-state index < -0.39 is 24.0 Å². The van der Waals surface area contributed by atoms with E-state index in [-0.39, 0.29) is 17.2 Å². The Morgan fingerprint density at radius 3 is 2.77 bits per heavy atom. The van der Waals surface area contributed by atoms with Gasteiger partial charge in [0.15, 0.2) is 6.61 Å². The molecule has 1 saturated carbocycles. The van der Waals surface area contributed by atoms with E-state index >= 15 is 0 Å². The number of aryl methyl sites for hydroxylation is 1. The van der Waals surface area contributed by atoms with Crippen LogP contribution in [0, 0.1) is 24.2 Å². The molecule has 0 aromatic heterocycles. The van der Waals surface area contributed by atoms with Crippen molar-refractivity contribution in [1.82, 2.24) is 5.32 Å². The summed E-state index contributed by atoms with van der Waals surface area (Å²) < 4.78 is 4.90. The highest BCUT2D eigenvalue weighted by molar-refractivity contribution is 5.94. The van der Waals surface area contributed by atoms with Gasteiger partial charge in [0, 0.05) is 0 Å². The largest absolute Gasteiger partial charge is 0.507 e. The smallest absolute Gasteiger partial charge is 0.342 e. The lowest BCUT2D eigenvalue weighted by atomic mass is 9.98. The summed E-state index contributed by atoms with van der Waals surface area (Å²) >= 11 is 0. The van der Waals surface area contributed by atoms with Crippen LogP contribution in [0.3, 0.4) is 0 Å². The average molecular weight is 302 g/mol. The van der Waals surface area contributed by atoms with Crippen molar-refractivity contribution in [3.05, 3.63) is 29.3 Å². The fourth-order valence-corrected chi connectivity index (χ4v) is 2.24. The van der Waals surface area contributed by atoms with Gasteiger partial charge in [-0.15, -0.1) is 0 Å². The molecule has 6 heteroatoms. The van der Waals surface area contributed by atoms with Crippen molar-refractivity contribution in [1.29, 1.82) is 5.26 Å². The van der Waals surface area contributed by atoms with Crippen molar-refractivity contribution in [2.45, 2.75) is 32.2 Å². The average Bonchev–Trinajstić information content (AvgIpc) is 3.32. The van der Waals surface area contributed by atoms with Gasteiger partial charge < -0.3 is 15.2 Å². The predicted octanol–water partition coefficient (Wildman–Crippen LogP) is 1.67. The van der Waals surface area contributed by atoms with Crippen LogP contribution >= 0.6 is 0 Å². The summed E-state index contributed by atoms with van der Waals surface area (Å²) in [6.07, 6.45) is 1.81. The maximum Gasteiger partial charge on any atom is 0.342 e. The number of rotatable bonds is 5. The molecular formula is C16H18N2O4. The van der Waals surface area contributed by atoms with E-state index in [2.05, 4.69) is 11.4 Å². The molecule has 1 amide bonds. The fraction of sp³-hybridized carbons (Fsp3) is 0.438. The van der Waals surface area contributed by atoms with Crippen LogP contribution in [0.2, 0.25) is 0 Å². The third kappa shape index (κ3) is 3.37. The molecule has 0 aliphatic heterocycles. The summed E-state index contributed by atoms with van der Waals surface area (Å²) in [6.45, 7) is 2.83. The quantitative estimate of drug-likeness (QED) is 0.806. The molecule has 116 valence electrons. The maximum absolute atomic E-state index is 11.9. The van der Waals surface area contributed by atoms with Crippen molar-refractivity contribution in [3.8, 4) is 11.8 Å². The number of phenolic OH excluding ortho intramolecular Hbond substituents is 1. The zero-order valence-corrected chi connectivity index (χ0v) is 12.5. The van der Waals surface area contributed by atoms with E-state index in [0.29, 0.717) is 5.56 Å². The van der Waals surface area contributed by atoms with Gasteiger partial charge in [0.1, 0.15) is 16.9 Å². The molecule has 0 radical (unpaired) electrons. The molecule has 0 bridgehead atoms. The third-order valence-electron chi connectivity index (χ3n) is 3.82. The van der Waals surface area contributed by atoms with Gasteiger partial charge in [-0.05, 0) is 44.2 Å². The molecule has 1 aliphatic rings. The number of benzene rings is 1. The highest BCUT2D eigenvalue weighted by Gasteiger charge is 2.43. The molecule has 1 fully saturated rings. The van der Waals surface area contributed by atoms with Gasteiger partial charge in [-0.25, -0.2) is 4.79 Å². The van der Waals surface area contributed by atoms with E-state index in [9.17, 15) is 14.7 Å². The highest BCUT2D eigenvalue weighted by Crippen LogP contribution is 2.39. The SMILES string of the molecule is Cc1cccc(C(=O)OCC(=O)N[C@@](C)(C#N)C2CC2)c1O. The number of nitriles is 1. The topological polar surface area (TPSA) is 99.4 Å². The van der Waals surface area contributed by atoms with Crippen LogP contribution in [-0.2, 0) is 9.53 Å². The van der Waals surface area contributed by atoms with Crippen LogP contribution in [0.25, 0.3) is 0 Å². The van der Waals surface area contributed by atoms with Gasteiger partial charge in [0.05, 0.1) is 6.07 Å². The molecule has 1 aromatic carbocycles. The predicted molar refractivity (Wildman–Crippen MR) is 78.0 cm³/mol. The number of nitrogens with one attached hydrogen (secondary N) is 1. The van der Waals surface area contributed by atoms with E-state index in [1.54, 1.807) is 26.0 Å². The van der Waals surface area contributed by atoms with Crippen LogP contribution in [0.4, 0.5) is 0 Å². The summed E-state index contributed by atoms with van der Waals surface area (Å²) in [5, 5.41) is 21.6. The number of esters is 1. The van der Waals surface area contributed by atoms with Crippen LogP contribution in [0.15, 0.2) is 18.2 Å². The first kappa shape index (κ1) is 15.8. The number of hydrogen-bond donors (Lipinski definition) is 2. The number of nitrogens with zero attached hydrogens (tertiary/aromatic N) is 1. The lowest BCUT2D eigenvalue weighted by Gasteiger charge is -2.22.